The van der Waals surface area contributed by atoms with Crippen molar-refractivity contribution >= 4 is 11.6 Å². The molecule has 0 bridgehead atoms. The summed E-state index contributed by atoms with van der Waals surface area (Å²) < 4.78 is 0. The standard InChI is InChI=1S/C18H24N6/c1-13-2-3-16-14(10-13)11-18(23-22-16)24-8-5-15(6-9-24)21-17-4-7-19-12-20-17/h4,7,11-13,15H,2-3,5-6,8-10H2,1H3,(H,19,20,21). The molecule has 2 aromatic heterocycles. The maximum absolute atomic E-state index is 4.49. The Balaban J connectivity index is 1.38. The van der Waals surface area contributed by atoms with Gasteiger partial charge < -0.3 is 10.2 Å². The number of anilines is 2. The van der Waals surface area contributed by atoms with Crippen LogP contribution in [0, 0.1) is 5.92 Å². The van der Waals surface area contributed by atoms with Crippen LogP contribution in [0.5, 0.6) is 0 Å². The van der Waals surface area contributed by atoms with Crippen molar-refractivity contribution in [2.45, 2.75) is 45.1 Å². The van der Waals surface area contributed by atoms with E-state index in [1.165, 1.54) is 17.7 Å². The van der Waals surface area contributed by atoms with Crippen LogP contribution in [0.4, 0.5) is 11.6 Å². The Labute approximate surface area is 142 Å². The van der Waals surface area contributed by atoms with E-state index in [1.807, 2.05) is 6.07 Å². The molecule has 0 radical (unpaired) electrons. The molecule has 1 N–H and O–H groups in total. The summed E-state index contributed by atoms with van der Waals surface area (Å²) in [7, 11) is 0. The van der Waals surface area contributed by atoms with Crippen molar-refractivity contribution in [2.24, 2.45) is 5.92 Å². The number of piperidine rings is 1. The lowest BCUT2D eigenvalue weighted by molar-refractivity contribution is 0.486. The minimum Gasteiger partial charge on any atom is -0.367 e. The summed E-state index contributed by atoms with van der Waals surface area (Å²) >= 11 is 0. The topological polar surface area (TPSA) is 66.8 Å². The summed E-state index contributed by atoms with van der Waals surface area (Å²) in [6.45, 7) is 4.34. The van der Waals surface area contributed by atoms with Crippen LogP contribution in [0.15, 0.2) is 24.7 Å². The third-order valence-corrected chi connectivity index (χ3v) is 5.14. The first-order valence-electron chi connectivity index (χ1n) is 8.91. The molecule has 126 valence electrons. The van der Waals surface area contributed by atoms with E-state index in [9.17, 15) is 0 Å². The lowest BCUT2D eigenvalue weighted by Crippen LogP contribution is -2.40. The van der Waals surface area contributed by atoms with Crippen molar-refractivity contribution < 1.29 is 0 Å². The second kappa shape index (κ2) is 6.71. The van der Waals surface area contributed by atoms with E-state index in [-0.39, 0.29) is 0 Å². The van der Waals surface area contributed by atoms with Crippen molar-refractivity contribution in [2.75, 3.05) is 23.3 Å². The second-order valence-electron chi connectivity index (χ2n) is 7.02. The highest BCUT2D eigenvalue weighted by Gasteiger charge is 2.23. The minimum absolute atomic E-state index is 0.460. The van der Waals surface area contributed by atoms with Gasteiger partial charge in [-0.15, -0.1) is 5.10 Å². The van der Waals surface area contributed by atoms with Crippen molar-refractivity contribution in [3.8, 4) is 0 Å². The highest BCUT2D eigenvalue weighted by atomic mass is 15.3. The monoisotopic (exact) mass is 324 g/mol. The van der Waals surface area contributed by atoms with Crippen LogP contribution in [0.3, 0.4) is 0 Å². The zero-order valence-electron chi connectivity index (χ0n) is 14.1. The van der Waals surface area contributed by atoms with Gasteiger partial charge in [0.2, 0.25) is 0 Å². The zero-order chi connectivity index (χ0) is 16.4. The summed E-state index contributed by atoms with van der Waals surface area (Å²) in [5, 5.41) is 12.5. The van der Waals surface area contributed by atoms with Gasteiger partial charge in [-0.05, 0) is 55.7 Å². The number of aromatic nitrogens is 4. The minimum atomic E-state index is 0.460. The summed E-state index contributed by atoms with van der Waals surface area (Å²) in [5.41, 5.74) is 2.61. The molecule has 2 aromatic rings. The number of fused-ring (bicyclic) bond motifs is 1. The van der Waals surface area contributed by atoms with Gasteiger partial charge in [-0.25, -0.2) is 9.97 Å². The molecule has 2 aliphatic rings. The summed E-state index contributed by atoms with van der Waals surface area (Å²) in [4.78, 5) is 10.6. The van der Waals surface area contributed by atoms with Crippen molar-refractivity contribution in [3.63, 3.8) is 0 Å². The molecular weight excluding hydrogens is 300 g/mol. The fourth-order valence-corrected chi connectivity index (χ4v) is 3.68. The largest absolute Gasteiger partial charge is 0.367 e. The molecule has 4 rings (SSSR count). The van der Waals surface area contributed by atoms with E-state index in [4.69, 9.17) is 0 Å². The van der Waals surface area contributed by atoms with Gasteiger partial charge in [0.05, 0.1) is 5.69 Å². The van der Waals surface area contributed by atoms with E-state index < -0.39 is 0 Å². The first-order valence-corrected chi connectivity index (χ1v) is 8.91. The third-order valence-electron chi connectivity index (χ3n) is 5.14. The van der Waals surface area contributed by atoms with Gasteiger partial charge in [-0.2, -0.15) is 5.10 Å². The predicted octanol–water partition coefficient (Wildman–Crippen LogP) is 2.47. The highest BCUT2D eigenvalue weighted by Crippen LogP contribution is 2.27. The maximum Gasteiger partial charge on any atom is 0.151 e. The summed E-state index contributed by atoms with van der Waals surface area (Å²) in [6.07, 6.45) is 8.98. The van der Waals surface area contributed by atoms with Gasteiger partial charge in [0.25, 0.3) is 0 Å². The Morgan fingerprint density at radius 2 is 2.04 bits per heavy atom. The number of aryl methyl sites for hydroxylation is 1. The van der Waals surface area contributed by atoms with Crippen LogP contribution in [0.1, 0.15) is 37.4 Å². The lowest BCUT2D eigenvalue weighted by atomic mass is 9.88. The fourth-order valence-electron chi connectivity index (χ4n) is 3.68. The number of hydrogen-bond donors (Lipinski definition) is 1. The normalized spacial score (nSPS) is 21.4. The first-order chi connectivity index (χ1) is 11.8. The number of nitrogens with one attached hydrogen (secondary N) is 1. The molecule has 3 heterocycles. The number of hydrogen-bond acceptors (Lipinski definition) is 6. The Bertz CT molecular complexity index is 681. The molecule has 1 aliphatic carbocycles. The SMILES string of the molecule is CC1CCc2nnc(N3CCC(Nc4ccncn4)CC3)cc2C1. The Hall–Kier alpha value is -2.24. The summed E-state index contributed by atoms with van der Waals surface area (Å²) in [6, 6.07) is 4.65. The van der Waals surface area contributed by atoms with E-state index in [2.05, 4.69) is 43.4 Å². The molecule has 0 saturated carbocycles. The van der Waals surface area contributed by atoms with E-state index in [0.29, 0.717) is 6.04 Å². The molecule has 1 saturated heterocycles. The Kier molecular flexibility index (Phi) is 4.28. The average molecular weight is 324 g/mol. The zero-order valence-corrected chi connectivity index (χ0v) is 14.1. The van der Waals surface area contributed by atoms with Gasteiger partial charge in [0, 0.05) is 25.3 Å². The molecule has 1 aliphatic heterocycles. The van der Waals surface area contributed by atoms with Crippen molar-refractivity contribution in [3.05, 3.63) is 35.9 Å². The van der Waals surface area contributed by atoms with Crippen LogP contribution in [-0.2, 0) is 12.8 Å². The number of nitrogens with zero attached hydrogens (tertiary/aromatic N) is 5. The van der Waals surface area contributed by atoms with Gasteiger partial charge in [-0.3, -0.25) is 0 Å². The Morgan fingerprint density at radius 1 is 1.17 bits per heavy atom. The number of rotatable bonds is 3. The highest BCUT2D eigenvalue weighted by molar-refractivity contribution is 5.43. The van der Waals surface area contributed by atoms with Crippen LogP contribution in [0.25, 0.3) is 0 Å². The van der Waals surface area contributed by atoms with Crippen molar-refractivity contribution in [1.82, 2.24) is 20.2 Å². The molecule has 1 unspecified atom stereocenters. The van der Waals surface area contributed by atoms with E-state index in [0.717, 1.165) is 56.3 Å². The molecular formula is C18H24N6. The molecule has 6 nitrogen and oxygen atoms in total. The fraction of sp³-hybridized carbons (Fsp3) is 0.556. The average Bonchev–Trinajstić information content (AvgIpc) is 2.62. The molecule has 0 spiro atoms. The molecule has 0 aromatic carbocycles. The predicted molar refractivity (Wildman–Crippen MR) is 94.1 cm³/mol. The van der Waals surface area contributed by atoms with Gasteiger partial charge >= 0.3 is 0 Å². The molecule has 1 atom stereocenters. The molecule has 0 amide bonds. The third kappa shape index (κ3) is 3.32. The second-order valence-corrected chi connectivity index (χ2v) is 7.02. The lowest BCUT2D eigenvalue weighted by Gasteiger charge is -2.33. The van der Waals surface area contributed by atoms with Crippen LogP contribution < -0.4 is 10.2 Å². The van der Waals surface area contributed by atoms with Crippen LogP contribution >= 0.6 is 0 Å². The quantitative estimate of drug-likeness (QED) is 0.935. The van der Waals surface area contributed by atoms with Gasteiger partial charge in [-0.1, -0.05) is 6.92 Å². The van der Waals surface area contributed by atoms with Gasteiger partial charge in [0.1, 0.15) is 12.1 Å². The maximum atomic E-state index is 4.49. The summed E-state index contributed by atoms with van der Waals surface area (Å²) in [5.74, 6) is 2.71. The Morgan fingerprint density at radius 3 is 2.83 bits per heavy atom. The van der Waals surface area contributed by atoms with E-state index in [1.54, 1.807) is 12.5 Å². The smallest absolute Gasteiger partial charge is 0.151 e. The molecule has 6 heteroatoms. The molecule has 1 fully saturated rings. The first kappa shape index (κ1) is 15.3. The van der Waals surface area contributed by atoms with Crippen LogP contribution in [0.2, 0.25) is 0 Å². The van der Waals surface area contributed by atoms with Crippen molar-refractivity contribution in [1.29, 1.82) is 0 Å². The van der Waals surface area contributed by atoms with E-state index >= 15 is 0 Å². The van der Waals surface area contributed by atoms with Gasteiger partial charge in [0.15, 0.2) is 5.82 Å². The van der Waals surface area contributed by atoms with Crippen LogP contribution in [-0.4, -0.2) is 39.3 Å². The molecule has 24 heavy (non-hydrogen) atoms.